The van der Waals surface area contributed by atoms with Gasteiger partial charge < -0.3 is 15.0 Å². The summed E-state index contributed by atoms with van der Waals surface area (Å²) in [6.45, 7) is 3.57. The van der Waals surface area contributed by atoms with Crippen LogP contribution in [0.1, 0.15) is 50.7 Å². The fourth-order valence-electron chi connectivity index (χ4n) is 5.44. The Morgan fingerprint density at radius 1 is 1.12 bits per heavy atom. The molecule has 2 atom stereocenters. The van der Waals surface area contributed by atoms with Crippen LogP contribution in [-0.4, -0.2) is 30.9 Å². The molecule has 3 heterocycles. The Bertz CT molecular complexity index is 1690. The highest BCUT2D eigenvalue weighted by atomic mass is 19.4. The number of hydrogen-bond acceptors (Lipinski definition) is 6. The van der Waals surface area contributed by atoms with E-state index in [1.54, 1.807) is 44.3 Å². The Labute approximate surface area is 232 Å². The van der Waals surface area contributed by atoms with Crippen molar-refractivity contribution in [2.45, 2.75) is 63.9 Å². The number of anilines is 1. The van der Waals surface area contributed by atoms with E-state index in [4.69, 9.17) is 0 Å². The Morgan fingerprint density at radius 3 is 2.59 bits per heavy atom. The highest BCUT2D eigenvalue weighted by Gasteiger charge is 2.38. The van der Waals surface area contributed by atoms with Crippen LogP contribution >= 0.6 is 0 Å². The van der Waals surface area contributed by atoms with Crippen LogP contribution in [0, 0.1) is 11.7 Å². The normalized spacial score (nSPS) is 18.0. The molecule has 0 amide bonds. The lowest BCUT2D eigenvalue weighted by atomic mass is 9.85. The molecule has 12 heteroatoms. The predicted molar refractivity (Wildman–Crippen MR) is 146 cm³/mol. The van der Waals surface area contributed by atoms with Crippen LogP contribution < -0.4 is 16.4 Å². The van der Waals surface area contributed by atoms with Gasteiger partial charge in [-0.1, -0.05) is 12.5 Å². The molecule has 41 heavy (non-hydrogen) atoms. The van der Waals surface area contributed by atoms with Crippen molar-refractivity contribution >= 4 is 16.5 Å². The topological polar surface area (TPSA) is 113 Å². The predicted octanol–water partition coefficient (Wildman–Crippen LogP) is 5.20. The van der Waals surface area contributed by atoms with E-state index in [1.807, 2.05) is 5.10 Å². The summed E-state index contributed by atoms with van der Waals surface area (Å²) in [5, 5.41) is 19.1. The molecule has 1 saturated carbocycles. The minimum Gasteiger partial charge on any atom is -0.386 e. The number of halogens is 4. The minimum absolute atomic E-state index is 0.0247. The van der Waals surface area contributed by atoms with Crippen molar-refractivity contribution < 1.29 is 22.7 Å². The lowest BCUT2D eigenvalue weighted by Gasteiger charge is -2.31. The van der Waals surface area contributed by atoms with Gasteiger partial charge in [-0.25, -0.2) is 9.49 Å². The number of aliphatic hydroxyl groups is 1. The van der Waals surface area contributed by atoms with Crippen molar-refractivity contribution in [1.29, 1.82) is 0 Å². The van der Waals surface area contributed by atoms with Crippen molar-refractivity contribution in [3.63, 3.8) is 0 Å². The van der Waals surface area contributed by atoms with Gasteiger partial charge in [0.05, 0.1) is 28.6 Å². The van der Waals surface area contributed by atoms with E-state index in [2.05, 4.69) is 15.4 Å². The highest BCUT2D eigenvalue weighted by molar-refractivity contribution is 5.86. The fourth-order valence-corrected chi connectivity index (χ4v) is 5.44. The van der Waals surface area contributed by atoms with Gasteiger partial charge in [-0.3, -0.25) is 14.6 Å². The van der Waals surface area contributed by atoms with Gasteiger partial charge in [0, 0.05) is 36.1 Å². The standard InChI is InChI=1S/C29H29F4N5O3/c1-28(2,41)18-6-7-23(34-13-18)21-11-17-8-9-38(27(40)20(17)12-22(21)30)15-16-4-3-5-19(10-16)36-24-14-35-37-26(39)25(24)29(31,32)33/h6-9,11-14,16,19,41H,3-5,10,15H2,1-2H3,(H2,36,37,39)/t16?,19-/m0/s1. The summed E-state index contributed by atoms with van der Waals surface area (Å²) >= 11 is 0. The number of rotatable bonds is 6. The number of H-pyrrole nitrogens is 1. The van der Waals surface area contributed by atoms with Crippen molar-refractivity contribution in [3.05, 3.63) is 86.6 Å². The molecule has 0 spiro atoms. The third kappa shape index (κ3) is 6.02. The van der Waals surface area contributed by atoms with Gasteiger partial charge in [0.2, 0.25) is 0 Å². The third-order valence-corrected chi connectivity index (χ3v) is 7.55. The molecule has 0 radical (unpaired) electrons. The molecule has 0 bridgehead atoms. The molecule has 8 nitrogen and oxygen atoms in total. The van der Waals surface area contributed by atoms with Gasteiger partial charge in [0.1, 0.15) is 11.4 Å². The molecule has 1 aliphatic rings. The summed E-state index contributed by atoms with van der Waals surface area (Å²) in [5.74, 6) is -0.631. The molecule has 1 aliphatic carbocycles. The first-order valence-corrected chi connectivity index (χ1v) is 13.2. The van der Waals surface area contributed by atoms with Crippen molar-refractivity contribution in [2.24, 2.45) is 5.92 Å². The second-order valence-corrected chi connectivity index (χ2v) is 11.0. The van der Waals surface area contributed by atoms with Crippen LogP contribution in [0.5, 0.6) is 0 Å². The minimum atomic E-state index is -4.84. The lowest BCUT2D eigenvalue weighted by Crippen LogP contribution is -2.33. The average molecular weight is 572 g/mol. The first-order chi connectivity index (χ1) is 19.3. The van der Waals surface area contributed by atoms with Gasteiger partial charge >= 0.3 is 6.18 Å². The third-order valence-electron chi connectivity index (χ3n) is 7.55. The molecule has 1 aromatic carbocycles. The molecular formula is C29H29F4N5O3. The molecule has 1 unspecified atom stereocenters. The molecule has 0 aliphatic heterocycles. The second kappa shape index (κ2) is 10.7. The Kier molecular flexibility index (Phi) is 7.45. The zero-order chi connectivity index (χ0) is 29.5. The molecule has 3 aromatic heterocycles. The Morgan fingerprint density at radius 2 is 1.90 bits per heavy atom. The van der Waals surface area contributed by atoms with Crippen LogP contribution in [0.25, 0.3) is 22.0 Å². The average Bonchev–Trinajstić information content (AvgIpc) is 2.89. The molecule has 3 N–H and O–H groups in total. The highest BCUT2D eigenvalue weighted by Crippen LogP contribution is 2.34. The van der Waals surface area contributed by atoms with Crippen LogP contribution in [0.3, 0.4) is 0 Å². The second-order valence-electron chi connectivity index (χ2n) is 11.0. The van der Waals surface area contributed by atoms with E-state index in [9.17, 15) is 27.9 Å². The van der Waals surface area contributed by atoms with Crippen molar-refractivity contribution in [2.75, 3.05) is 5.32 Å². The van der Waals surface area contributed by atoms with Crippen LogP contribution in [-0.2, 0) is 18.3 Å². The van der Waals surface area contributed by atoms with E-state index >= 15 is 4.39 Å². The summed E-state index contributed by atoms with van der Waals surface area (Å²) in [7, 11) is 0. The number of aromatic nitrogens is 4. The van der Waals surface area contributed by atoms with Gasteiger partial charge in [-0.2, -0.15) is 18.3 Å². The smallest absolute Gasteiger partial charge is 0.386 e. The number of benzene rings is 1. The Hall–Kier alpha value is -4.06. The summed E-state index contributed by atoms with van der Waals surface area (Å²) in [4.78, 5) is 29.4. The molecule has 216 valence electrons. The van der Waals surface area contributed by atoms with Gasteiger partial charge in [0.25, 0.3) is 11.1 Å². The van der Waals surface area contributed by atoms with Gasteiger partial charge in [-0.05, 0) is 68.7 Å². The van der Waals surface area contributed by atoms with Crippen LogP contribution in [0.2, 0.25) is 0 Å². The molecular weight excluding hydrogens is 542 g/mol. The van der Waals surface area contributed by atoms with E-state index < -0.39 is 28.7 Å². The summed E-state index contributed by atoms with van der Waals surface area (Å²) in [6.07, 6.45) is 1.82. The SMILES string of the molecule is CC(C)(O)c1ccc(-c2cc3ccn(CC4CCC[C@H](Nc5cn[nH]c(=O)c5C(F)(F)F)C4)c(=O)c3cc2F)nc1. The van der Waals surface area contributed by atoms with E-state index in [0.717, 1.165) is 19.0 Å². The van der Waals surface area contributed by atoms with Crippen LogP contribution in [0.4, 0.5) is 23.2 Å². The number of hydrogen-bond donors (Lipinski definition) is 3. The largest absolute Gasteiger partial charge is 0.423 e. The van der Waals surface area contributed by atoms with E-state index in [-0.39, 0.29) is 34.2 Å². The maximum absolute atomic E-state index is 15.2. The summed E-state index contributed by atoms with van der Waals surface area (Å²) in [6, 6.07) is 7.43. The molecule has 5 rings (SSSR count). The Balaban J connectivity index is 1.35. The molecule has 1 fully saturated rings. The number of nitrogens with one attached hydrogen (secondary N) is 2. The zero-order valence-corrected chi connectivity index (χ0v) is 22.4. The van der Waals surface area contributed by atoms with E-state index in [1.165, 1.54) is 16.8 Å². The lowest BCUT2D eigenvalue weighted by molar-refractivity contribution is -0.138. The maximum Gasteiger partial charge on any atom is 0.423 e. The number of fused-ring (bicyclic) bond motifs is 1. The first-order valence-electron chi connectivity index (χ1n) is 13.2. The maximum atomic E-state index is 15.2. The monoisotopic (exact) mass is 571 g/mol. The van der Waals surface area contributed by atoms with Gasteiger partial charge in [-0.15, -0.1) is 0 Å². The summed E-state index contributed by atoms with van der Waals surface area (Å²) < 4.78 is 57.0. The first kappa shape index (κ1) is 28.5. The molecule has 4 aromatic rings. The number of nitrogens with zero attached hydrogens (tertiary/aromatic N) is 3. The van der Waals surface area contributed by atoms with Crippen molar-refractivity contribution in [3.8, 4) is 11.3 Å². The van der Waals surface area contributed by atoms with E-state index in [0.29, 0.717) is 36.0 Å². The zero-order valence-electron chi connectivity index (χ0n) is 22.4. The number of pyridine rings is 2. The van der Waals surface area contributed by atoms with Crippen LogP contribution in [0.15, 0.2) is 58.5 Å². The quantitative estimate of drug-likeness (QED) is 0.274. The molecule has 0 saturated heterocycles. The number of aromatic amines is 1. The van der Waals surface area contributed by atoms with Crippen molar-refractivity contribution in [1.82, 2.24) is 19.7 Å². The number of alkyl halides is 3. The summed E-state index contributed by atoms with van der Waals surface area (Å²) in [5.41, 5.74) is -3.27. The van der Waals surface area contributed by atoms with Gasteiger partial charge in [0.15, 0.2) is 0 Å². The fraction of sp³-hybridized carbons (Fsp3) is 0.379.